The third-order valence-electron chi connectivity index (χ3n) is 8.14. The number of carboxylic acid groups (broad SMARTS) is 1. The number of aliphatic hydroxyl groups is 1. The Labute approximate surface area is 233 Å². The Morgan fingerprint density at radius 1 is 0.694 bits per heavy atom. The number of aliphatic hydroxyl groups excluding tert-OH is 1. The van der Waals surface area contributed by atoms with Crippen molar-refractivity contribution in [3.05, 3.63) is 0 Å². The highest BCUT2D eigenvalue weighted by atomic mass is 32.2. The molecule has 2 heterocycles. The fourth-order valence-electron chi connectivity index (χ4n) is 5.49. The van der Waals surface area contributed by atoms with Gasteiger partial charge in [-0.05, 0) is 83.5 Å². The second-order valence-electron chi connectivity index (χ2n) is 12.6. The molecule has 0 amide bonds. The van der Waals surface area contributed by atoms with Gasteiger partial charge in [0, 0.05) is 27.6 Å². The zero-order valence-electron chi connectivity index (χ0n) is 24.7. The first-order chi connectivity index (χ1) is 17.1. The Kier molecular flexibility index (Phi) is 17.5. The smallest absolute Gasteiger partial charge is 0.309 e. The zero-order chi connectivity index (χ0) is 27.0. The first-order valence-corrected chi connectivity index (χ1v) is 17.1. The lowest BCUT2D eigenvalue weighted by Gasteiger charge is -2.31. The van der Waals surface area contributed by atoms with E-state index < -0.39 is 11.4 Å². The van der Waals surface area contributed by atoms with Crippen LogP contribution in [-0.2, 0) is 4.79 Å². The predicted molar refractivity (Wildman–Crippen MR) is 162 cm³/mol. The monoisotopic (exact) mass is 544 g/mol. The van der Waals surface area contributed by atoms with E-state index >= 15 is 0 Å². The molecule has 0 saturated carbocycles. The third-order valence-corrected chi connectivity index (χ3v) is 11.6. The van der Waals surface area contributed by atoms with Gasteiger partial charge in [0.15, 0.2) is 0 Å². The van der Waals surface area contributed by atoms with Gasteiger partial charge in [0.1, 0.15) is 0 Å². The molecule has 0 spiro atoms. The van der Waals surface area contributed by atoms with Crippen LogP contribution in [0.4, 0.5) is 0 Å². The summed E-state index contributed by atoms with van der Waals surface area (Å²) < 4.78 is 0. The summed E-state index contributed by atoms with van der Waals surface area (Å²) in [6.07, 6.45) is 22.0. The molecule has 4 atom stereocenters. The number of hydrogen-bond acceptors (Lipinski definition) is 4. The Bertz CT molecular complexity index is 578. The molecule has 0 bridgehead atoms. The van der Waals surface area contributed by atoms with Gasteiger partial charge in [0.25, 0.3) is 0 Å². The molecule has 0 aliphatic carbocycles. The van der Waals surface area contributed by atoms with E-state index in [0.29, 0.717) is 6.61 Å². The maximum atomic E-state index is 11.3. The Morgan fingerprint density at radius 2 is 1.08 bits per heavy atom. The SMILES string of the molecule is CC.CC(C)(CO)CCCCC1CCCC(CCCC2CCCC(CCCCC(C)(C)C(=O)O)S2)S1. The molecule has 2 fully saturated rings. The van der Waals surface area contributed by atoms with E-state index in [0.717, 1.165) is 40.3 Å². The summed E-state index contributed by atoms with van der Waals surface area (Å²) in [4.78, 5) is 11.3. The lowest BCUT2D eigenvalue weighted by atomic mass is 9.87. The first kappa shape index (κ1) is 34.2. The molecule has 36 heavy (non-hydrogen) atoms. The van der Waals surface area contributed by atoms with Crippen LogP contribution in [0.15, 0.2) is 0 Å². The van der Waals surface area contributed by atoms with Gasteiger partial charge in [0.05, 0.1) is 5.41 Å². The highest BCUT2D eigenvalue weighted by Crippen LogP contribution is 2.40. The molecule has 2 saturated heterocycles. The molecular formula is C31H60O3S2. The number of carboxylic acids is 1. The average Bonchev–Trinajstić information content (AvgIpc) is 2.86. The molecule has 2 N–H and O–H groups in total. The molecule has 0 aromatic rings. The third kappa shape index (κ3) is 14.3. The van der Waals surface area contributed by atoms with Crippen LogP contribution in [0.5, 0.6) is 0 Å². The van der Waals surface area contributed by atoms with Crippen LogP contribution in [0, 0.1) is 10.8 Å². The van der Waals surface area contributed by atoms with Gasteiger partial charge >= 0.3 is 5.97 Å². The van der Waals surface area contributed by atoms with E-state index in [1.165, 1.54) is 89.9 Å². The van der Waals surface area contributed by atoms with E-state index in [9.17, 15) is 15.0 Å². The number of thioether (sulfide) groups is 2. The molecular weight excluding hydrogens is 484 g/mol. The van der Waals surface area contributed by atoms with Gasteiger partial charge < -0.3 is 10.2 Å². The van der Waals surface area contributed by atoms with Gasteiger partial charge in [-0.3, -0.25) is 4.79 Å². The molecule has 214 valence electrons. The van der Waals surface area contributed by atoms with Gasteiger partial charge in [0.2, 0.25) is 0 Å². The Morgan fingerprint density at radius 3 is 1.47 bits per heavy atom. The van der Waals surface area contributed by atoms with Crippen molar-refractivity contribution in [1.29, 1.82) is 0 Å². The predicted octanol–water partition coefficient (Wildman–Crippen LogP) is 9.74. The minimum atomic E-state index is -0.663. The van der Waals surface area contributed by atoms with Crippen LogP contribution < -0.4 is 0 Å². The highest BCUT2D eigenvalue weighted by molar-refractivity contribution is 8.00. The lowest BCUT2D eigenvalue weighted by Crippen LogP contribution is -2.23. The van der Waals surface area contributed by atoms with Crippen LogP contribution in [0.3, 0.4) is 0 Å². The molecule has 2 aliphatic rings. The molecule has 4 unspecified atom stereocenters. The molecule has 0 aromatic carbocycles. The van der Waals surface area contributed by atoms with Crippen LogP contribution in [0.1, 0.15) is 151 Å². The van der Waals surface area contributed by atoms with Crippen LogP contribution in [0.2, 0.25) is 0 Å². The van der Waals surface area contributed by atoms with Crippen molar-refractivity contribution < 1.29 is 15.0 Å². The topological polar surface area (TPSA) is 57.5 Å². The van der Waals surface area contributed by atoms with Crippen molar-refractivity contribution in [1.82, 2.24) is 0 Å². The minimum absolute atomic E-state index is 0.0929. The average molecular weight is 545 g/mol. The number of carbonyl (C=O) groups is 1. The lowest BCUT2D eigenvalue weighted by molar-refractivity contribution is -0.147. The maximum Gasteiger partial charge on any atom is 0.309 e. The van der Waals surface area contributed by atoms with Crippen molar-refractivity contribution >= 4 is 29.5 Å². The van der Waals surface area contributed by atoms with Crippen molar-refractivity contribution in [2.75, 3.05) is 6.61 Å². The van der Waals surface area contributed by atoms with E-state index in [1.807, 2.05) is 27.7 Å². The molecule has 5 heteroatoms. The van der Waals surface area contributed by atoms with E-state index in [4.69, 9.17) is 0 Å². The Hall–Kier alpha value is 0.130. The molecule has 3 nitrogen and oxygen atoms in total. The second kappa shape index (κ2) is 18.4. The van der Waals surface area contributed by atoms with Gasteiger partial charge in [-0.1, -0.05) is 72.6 Å². The van der Waals surface area contributed by atoms with Gasteiger partial charge in [-0.2, -0.15) is 23.5 Å². The molecule has 2 rings (SSSR count). The van der Waals surface area contributed by atoms with Gasteiger partial charge in [-0.15, -0.1) is 0 Å². The number of aliphatic carboxylic acids is 1. The zero-order valence-corrected chi connectivity index (χ0v) is 26.3. The minimum Gasteiger partial charge on any atom is -0.481 e. The highest BCUT2D eigenvalue weighted by Gasteiger charge is 2.28. The van der Waals surface area contributed by atoms with E-state index in [-0.39, 0.29) is 5.41 Å². The fraction of sp³-hybridized carbons (Fsp3) is 0.968. The summed E-state index contributed by atoms with van der Waals surface area (Å²) in [5, 5.41) is 22.1. The fourth-order valence-corrected chi connectivity index (χ4v) is 9.00. The van der Waals surface area contributed by atoms with Gasteiger partial charge in [-0.25, -0.2) is 0 Å². The number of rotatable bonds is 16. The largest absolute Gasteiger partial charge is 0.481 e. The van der Waals surface area contributed by atoms with Crippen molar-refractivity contribution in [2.24, 2.45) is 10.8 Å². The quantitative estimate of drug-likeness (QED) is 0.189. The molecule has 0 radical (unpaired) electrons. The number of unbranched alkanes of at least 4 members (excludes halogenated alkanes) is 2. The van der Waals surface area contributed by atoms with E-state index in [2.05, 4.69) is 37.4 Å². The van der Waals surface area contributed by atoms with Crippen molar-refractivity contribution in [2.45, 2.75) is 172 Å². The summed E-state index contributed by atoms with van der Waals surface area (Å²) in [5.74, 6) is -0.663. The summed E-state index contributed by atoms with van der Waals surface area (Å²) in [6, 6.07) is 0. The summed E-state index contributed by atoms with van der Waals surface area (Å²) in [6.45, 7) is 12.4. The second-order valence-corrected chi connectivity index (χ2v) is 15.8. The standard InChI is InChI=1S/C29H54O3S2.C2H6/c1-28(2,22-30)20-7-5-12-23-14-9-16-25(33-23)18-11-19-26-17-10-15-24(34-26)13-6-8-21-29(3,4)27(31)32;1-2/h23-26,30H,5-22H2,1-4H3,(H,31,32);1-2H3. The summed E-state index contributed by atoms with van der Waals surface area (Å²) >= 11 is 4.56. The normalized spacial score (nSPS) is 25.2. The van der Waals surface area contributed by atoms with Crippen molar-refractivity contribution in [3.63, 3.8) is 0 Å². The van der Waals surface area contributed by atoms with Crippen molar-refractivity contribution in [3.8, 4) is 0 Å². The van der Waals surface area contributed by atoms with E-state index in [1.54, 1.807) is 0 Å². The van der Waals surface area contributed by atoms with Crippen LogP contribution in [-0.4, -0.2) is 43.8 Å². The first-order valence-electron chi connectivity index (χ1n) is 15.3. The molecule has 0 aromatic heterocycles. The maximum absolute atomic E-state index is 11.3. The Balaban J connectivity index is 0.00000316. The number of hydrogen-bond donors (Lipinski definition) is 2. The van der Waals surface area contributed by atoms with Crippen LogP contribution >= 0.6 is 23.5 Å². The summed E-state index contributed by atoms with van der Waals surface area (Å²) in [5.41, 5.74) is -0.481. The molecule has 2 aliphatic heterocycles. The summed E-state index contributed by atoms with van der Waals surface area (Å²) in [7, 11) is 0. The van der Waals surface area contributed by atoms with Crippen LogP contribution in [0.25, 0.3) is 0 Å².